The van der Waals surface area contributed by atoms with Crippen LogP contribution in [0.1, 0.15) is 16.7 Å². The van der Waals surface area contributed by atoms with Crippen LogP contribution in [-0.2, 0) is 0 Å². The molecule has 9 aromatic rings. The minimum Gasteiger partial charge on any atom is -0.309 e. The topological polar surface area (TPSA) is 58.4 Å². The standard InChI is InChI=1S/C45H31N5/c46-44(32-13-3-1-4-14-32)48-45(33-15-5-2-6-16-33)47-30-31-23-25-34(26-24-31)49-42-22-12-9-19-38(42)39-29-35(27-28-43(39)49)50-40-20-10-7-17-36(40)37-18-8-11-21-41(37)50/h1-30,46H. The fraction of sp³-hybridized carbons (Fsp3) is 0. The van der Waals surface area contributed by atoms with Crippen LogP contribution in [0, 0.1) is 5.41 Å². The normalized spacial score (nSPS) is 12.1. The highest BCUT2D eigenvalue weighted by molar-refractivity contribution is 6.14. The lowest BCUT2D eigenvalue weighted by Crippen LogP contribution is -2.04. The maximum atomic E-state index is 8.59. The molecule has 9 rings (SSSR count). The van der Waals surface area contributed by atoms with Crippen LogP contribution in [0.15, 0.2) is 186 Å². The number of fused-ring (bicyclic) bond motifs is 6. The third kappa shape index (κ3) is 5.09. The number of aromatic nitrogens is 2. The summed E-state index contributed by atoms with van der Waals surface area (Å²) in [5, 5.41) is 13.5. The van der Waals surface area contributed by atoms with E-state index in [4.69, 9.17) is 10.4 Å². The van der Waals surface area contributed by atoms with Gasteiger partial charge in [-0.05, 0) is 54.1 Å². The lowest BCUT2D eigenvalue weighted by atomic mass is 10.1. The highest BCUT2D eigenvalue weighted by Gasteiger charge is 2.16. The average molecular weight is 642 g/mol. The lowest BCUT2D eigenvalue weighted by molar-refractivity contribution is 1.16. The summed E-state index contributed by atoms with van der Waals surface area (Å²) < 4.78 is 4.71. The molecule has 2 heterocycles. The van der Waals surface area contributed by atoms with Crippen LogP contribution in [0.3, 0.4) is 0 Å². The molecule has 7 aromatic carbocycles. The number of aliphatic imine (C=N–C) groups is 2. The van der Waals surface area contributed by atoms with Gasteiger partial charge in [-0.25, -0.2) is 9.98 Å². The molecule has 0 saturated heterocycles. The second-order valence-corrected chi connectivity index (χ2v) is 12.3. The summed E-state index contributed by atoms with van der Waals surface area (Å²) in [4.78, 5) is 9.39. The van der Waals surface area contributed by atoms with Gasteiger partial charge in [0.1, 0.15) is 0 Å². The number of para-hydroxylation sites is 3. The van der Waals surface area contributed by atoms with Gasteiger partial charge in [-0.2, -0.15) is 0 Å². The van der Waals surface area contributed by atoms with E-state index in [0.29, 0.717) is 5.84 Å². The van der Waals surface area contributed by atoms with Crippen LogP contribution >= 0.6 is 0 Å². The number of hydrogen-bond acceptors (Lipinski definition) is 1. The van der Waals surface area contributed by atoms with Gasteiger partial charge in [-0.3, -0.25) is 5.41 Å². The van der Waals surface area contributed by atoms with E-state index in [1.165, 1.54) is 32.6 Å². The smallest absolute Gasteiger partial charge is 0.161 e. The first-order valence-electron chi connectivity index (χ1n) is 16.7. The van der Waals surface area contributed by atoms with Crippen LogP contribution in [0.5, 0.6) is 0 Å². The summed E-state index contributed by atoms with van der Waals surface area (Å²) in [6.07, 6.45) is 1.82. The second-order valence-electron chi connectivity index (χ2n) is 12.3. The lowest BCUT2D eigenvalue weighted by Gasteiger charge is -2.10. The van der Waals surface area contributed by atoms with Gasteiger partial charge in [0.25, 0.3) is 0 Å². The van der Waals surface area contributed by atoms with Crippen molar-refractivity contribution in [2.75, 3.05) is 0 Å². The summed E-state index contributed by atoms with van der Waals surface area (Å²) in [7, 11) is 0. The molecule has 0 spiro atoms. The number of rotatable bonds is 5. The van der Waals surface area contributed by atoms with E-state index in [0.717, 1.165) is 39.1 Å². The van der Waals surface area contributed by atoms with Gasteiger partial charge in [-0.1, -0.05) is 127 Å². The van der Waals surface area contributed by atoms with E-state index in [1.54, 1.807) is 0 Å². The van der Waals surface area contributed by atoms with Crippen molar-refractivity contribution in [2.45, 2.75) is 0 Å². The van der Waals surface area contributed by atoms with Crippen molar-refractivity contribution in [3.8, 4) is 11.4 Å². The molecule has 0 radical (unpaired) electrons. The van der Waals surface area contributed by atoms with Crippen molar-refractivity contribution in [2.24, 2.45) is 9.98 Å². The van der Waals surface area contributed by atoms with Crippen molar-refractivity contribution in [1.82, 2.24) is 9.13 Å². The van der Waals surface area contributed by atoms with E-state index >= 15 is 0 Å². The molecule has 5 heteroatoms. The number of amidine groups is 2. The Morgan fingerprint density at radius 1 is 0.440 bits per heavy atom. The van der Waals surface area contributed by atoms with Crippen molar-refractivity contribution < 1.29 is 0 Å². The molecule has 0 atom stereocenters. The quantitative estimate of drug-likeness (QED) is 0.144. The van der Waals surface area contributed by atoms with E-state index in [1.807, 2.05) is 66.9 Å². The molecule has 0 aliphatic carbocycles. The third-order valence-corrected chi connectivity index (χ3v) is 9.28. The van der Waals surface area contributed by atoms with E-state index < -0.39 is 0 Å². The molecule has 0 fully saturated rings. The van der Waals surface area contributed by atoms with Crippen molar-refractivity contribution >= 4 is 61.5 Å². The number of hydrogen-bond donors (Lipinski definition) is 1. The van der Waals surface area contributed by atoms with Crippen LogP contribution in [0.4, 0.5) is 0 Å². The molecule has 2 aromatic heterocycles. The highest BCUT2D eigenvalue weighted by Crippen LogP contribution is 2.36. The molecule has 0 saturated carbocycles. The minimum atomic E-state index is 0.171. The minimum absolute atomic E-state index is 0.171. The molecule has 0 amide bonds. The molecular formula is C45H31N5. The number of nitrogens with one attached hydrogen (secondary N) is 1. The molecular weight excluding hydrogens is 611 g/mol. The van der Waals surface area contributed by atoms with Gasteiger partial charge in [0, 0.05) is 50.3 Å². The van der Waals surface area contributed by atoms with Gasteiger partial charge >= 0.3 is 0 Å². The summed E-state index contributed by atoms with van der Waals surface area (Å²) >= 11 is 0. The predicted molar refractivity (Wildman–Crippen MR) is 209 cm³/mol. The molecule has 236 valence electrons. The van der Waals surface area contributed by atoms with Crippen molar-refractivity contribution in [3.05, 3.63) is 193 Å². The molecule has 0 aliphatic rings. The van der Waals surface area contributed by atoms with Gasteiger partial charge in [-0.15, -0.1) is 0 Å². The maximum Gasteiger partial charge on any atom is 0.161 e. The Balaban J connectivity index is 1.10. The second kappa shape index (κ2) is 12.3. The summed E-state index contributed by atoms with van der Waals surface area (Å²) in [6.45, 7) is 0. The first kappa shape index (κ1) is 29.3. The first-order valence-corrected chi connectivity index (χ1v) is 16.7. The monoisotopic (exact) mass is 641 g/mol. The largest absolute Gasteiger partial charge is 0.309 e. The Hall–Kier alpha value is -6.85. The first-order chi connectivity index (χ1) is 24.7. The van der Waals surface area contributed by atoms with Crippen molar-refractivity contribution in [3.63, 3.8) is 0 Å². The fourth-order valence-corrected chi connectivity index (χ4v) is 6.95. The van der Waals surface area contributed by atoms with Gasteiger partial charge in [0.05, 0.1) is 22.1 Å². The predicted octanol–water partition coefficient (Wildman–Crippen LogP) is 10.8. The van der Waals surface area contributed by atoms with Crippen LogP contribution in [0.25, 0.3) is 55.0 Å². The van der Waals surface area contributed by atoms with Crippen LogP contribution < -0.4 is 0 Å². The van der Waals surface area contributed by atoms with E-state index in [9.17, 15) is 0 Å². The van der Waals surface area contributed by atoms with E-state index in [-0.39, 0.29) is 5.84 Å². The van der Waals surface area contributed by atoms with E-state index in [2.05, 4.69) is 129 Å². The average Bonchev–Trinajstić information content (AvgIpc) is 3.70. The summed E-state index contributed by atoms with van der Waals surface area (Å²) in [6, 6.07) is 60.5. The van der Waals surface area contributed by atoms with Gasteiger partial charge in [0.15, 0.2) is 11.7 Å². The molecule has 5 nitrogen and oxygen atoms in total. The number of nitrogens with zero attached hydrogens (tertiary/aromatic N) is 4. The molecule has 0 bridgehead atoms. The Labute approximate surface area is 289 Å². The van der Waals surface area contributed by atoms with Crippen LogP contribution in [0.2, 0.25) is 0 Å². The highest BCUT2D eigenvalue weighted by atomic mass is 15.0. The Kier molecular flexibility index (Phi) is 7.21. The summed E-state index contributed by atoms with van der Waals surface area (Å²) in [5.74, 6) is 0.662. The zero-order valence-corrected chi connectivity index (χ0v) is 27.1. The molecule has 0 aliphatic heterocycles. The number of benzene rings is 7. The molecule has 50 heavy (non-hydrogen) atoms. The Morgan fingerprint density at radius 3 is 1.50 bits per heavy atom. The SMILES string of the molecule is N=C(N=C(N=Cc1ccc(-n2c3ccccc3c3cc(-n4c5ccccc5c5ccccc54)ccc32)cc1)c1ccccc1)c1ccccc1. The van der Waals surface area contributed by atoms with Crippen LogP contribution in [-0.4, -0.2) is 27.0 Å². The maximum absolute atomic E-state index is 8.59. The fourth-order valence-electron chi connectivity index (χ4n) is 6.95. The summed E-state index contributed by atoms with van der Waals surface area (Å²) in [5.41, 5.74) is 9.45. The Morgan fingerprint density at radius 2 is 0.900 bits per heavy atom. The van der Waals surface area contributed by atoms with Crippen molar-refractivity contribution in [1.29, 1.82) is 5.41 Å². The Bertz CT molecular complexity index is 2700. The van der Waals surface area contributed by atoms with Gasteiger partial charge in [0.2, 0.25) is 0 Å². The molecule has 1 N–H and O–H groups in total. The third-order valence-electron chi connectivity index (χ3n) is 9.28. The zero-order chi connectivity index (χ0) is 33.4. The molecule has 0 unspecified atom stereocenters. The van der Waals surface area contributed by atoms with Gasteiger partial charge < -0.3 is 9.13 Å². The zero-order valence-electron chi connectivity index (χ0n) is 27.1.